The smallest absolute Gasteiger partial charge is 0.411 e. The Labute approximate surface area is 132 Å². The van der Waals surface area contributed by atoms with Crippen LogP contribution in [0.4, 0.5) is 10.5 Å². The summed E-state index contributed by atoms with van der Waals surface area (Å²) in [5.41, 5.74) is 1.79. The summed E-state index contributed by atoms with van der Waals surface area (Å²) in [5, 5.41) is 9.23. The second-order valence-corrected chi connectivity index (χ2v) is 5.42. The molecule has 6 heteroatoms. The summed E-state index contributed by atoms with van der Waals surface area (Å²) in [6, 6.07) is 7.90. The lowest BCUT2D eigenvalue weighted by Gasteiger charge is -2.20. The number of carbonyl (C=O) groups is 1. The first-order valence-electron chi connectivity index (χ1n) is 7.37. The Morgan fingerprint density at radius 3 is 2.36 bits per heavy atom. The van der Waals surface area contributed by atoms with Gasteiger partial charge >= 0.3 is 6.09 Å². The van der Waals surface area contributed by atoms with E-state index in [9.17, 15) is 4.79 Å². The van der Waals surface area contributed by atoms with Crippen molar-refractivity contribution in [2.75, 3.05) is 19.5 Å². The molecule has 22 heavy (non-hydrogen) atoms. The molecule has 0 aliphatic carbocycles. The van der Waals surface area contributed by atoms with Crippen molar-refractivity contribution in [2.45, 2.75) is 33.4 Å². The third-order valence-electron chi connectivity index (χ3n) is 3.43. The molecule has 0 spiro atoms. The number of amides is 1. The van der Waals surface area contributed by atoms with E-state index < -0.39 is 6.09 Å². The molecule has 1 aromatic rings. The molecule has 1 aromatic carbocycles. The van der Waals surface area contributed by atoms with E-state index in [2.05, 4.69) is 46.5 Å². The van der Waals surface area contributed by atoms with E-state index in [-0.39, 0.29) is 0 Å². The molecule has 0 saturated heterocycles. The molecular weight excluding hydrogens is 280 g/mol. The van der Waals surface area contributed by atoms with Crippen LogP contribution in [0.15, 0.2) is 29.3 Å². The molecule has 0 fully saturated rings. The minimum absolute atomic E-state index is 0.345. The number of benzene rings is 1. The van der Waals surface area contributed by atoms with Crippen LogP contribution in [-0.4, -0.2) is 32.3 Å². The Morgan fingerprint density at radius 1 is 1.23 bits per heavy atom. The van der Waals surface area contributed by atoms with Crippen LogP contribution < -0.4 is 16.0 Å². The number of ether oxygens (including phenoxy) is 1. The number of carbonyl (C=O) groups excluding carboxylic acids is 1. The van der Waals surface area contributed by atoms with Crippen LogP contribution in [0.25, 0.3) is 0 Å². The standard InChI is InChI=1S/C16H26N4O2/c1-11(2)12(3)19-15(17-4)18-10-13-6-8-14(9-7-13)20-16(21)22-5/h6-9,11-12H,10H2,1-5H3,(H,20,21)(H2,17,18,19). The van der Waals surface area contributed by atoms with Crippen LogP contribution in [-0.2, 0) is 11.3 Å². The summed E-state index contributed by atoms with van der Waals surface area (Å²) >= 11 is 0. The van der Waals surface area contributed by atoms with Crippen molar-refractivity contribution in [3.63, 3.8) is 0 Å². The average molecular weight is 306 g/mol. The number of guanidine groups is 1. The van der Waals surface area contributed by atoms with Gasteiger partial charge in [-0.2, -0.15) is 0 Å². The van der Waals surface area contributed by atoms with Gasteiger partial charge in [-0.3, -0.25) is 10.3 Å². The van der Waals surface area contributed by atoms with Crippen molar-refractivity contribution in [1.82, 2.24) is 10.6 Å². The lowest BCUT2D eigenvalue weighted by Crippen LogP contribution is -2.43. The van der Waals surface area contributed by atoms with E-state index in [1.54, 1.807) is 7.05 Å². The lowest BCUT2D eigenvalue weighted by molar-refractivity contribution is 0.187. The Balaban J connectivity index is 2.51. The van der Waals surface area contributed by atoms with Crippen LogP contribution in [0, 0.1) is 5.92 Å². The molecule has 0 aliphatic heterocycles. The molecule has 1 rings (SSSR count). The molecule has 1 amide bonds. The predicted molar refractivity (Wildman–Crippen MR) is 90.1 cm³/mol. The van der Waals surface area contributed by atoms with Gasteiger partial charge in [0.25, 0.3) is 0 Å². The van der Waals surface area contributed by atoms with E-state index >= 15 is 0 Å². The Bertz CT molecular complexity index is 497. The SMILES string of the molecule is CN=C(NCc1ccc(NC(=O)OC)cc1)NC(C)C(C)C. The minimum atomic E-state index is -0.474. The fraction of sp³-hybridized carbons (Fsp3) is 0.500. The lowest BCUT2D eigenvalue weighted by atomic mass is 10.1. The van der Waals surface area contributed by atoms with Crippen LogP contribution in [0.2, 0.25) is 0 Å². The molecule has 3 N–H and O–H groups in total. The van der Waals surface area contributed by atoms with E-state index in [0.717, 1.165) is 11.5 Å². The molecule has 0 saturated carbocycles. The minimum Gasteiger partial charge on any atom is -0.453 e. The molecule has 0 heterocycles. The number of hydrogen-bond donors (Lipinski definition) is 3. The maximum Gasteiger partial charge on any atom is 0.411 e. The van der Waals surface area contributed by atoms with Crippen molar-refractivity contribution >= 4 is 17.7 Å². The van der Waals surface area contributed by atoms with Gasteiger partial charge in [-0.25, -0.2) is 4.79 Å². The first kappa shape index (κ1) is 17.8. The fourth-order valence-corrected chi connectivity index (χ4v) is 1.64. The molecule has 0 aromatic heterocycles. The maximum atomic E-state index is 11.1. The van der Waals surface area contributed by atoms with Crippen molar-refractivity contribution < 1.29 is 9.53 Å². The van der Waals surface area contributed by atoms with Gasteiger partial charge in [0.05, 0.1) is 7.11 Å². The van der Waals surface area contributed by atoms with Gasteiger partial charge in [0.15, 0.2) is 5.96 Å². The molecule has 6 nitrogen and oxygen atoms in total. The zero-order valence-electron chi connectivity index (χ0n) is 13.9. The Kier molecular flexibility index (Phi) is 7.22. The van der Waals surface area contributed by atoms with Crippen molar-refractivity contribution in [1.29, 1.82) is 0 Å². The zero-order valence-corrected chi connectivity index (χ0v) is 13.9. The maximum absolute atomic E-state index is 11.1. The summed E-state index contributed by atoms with van der Waals surface area (Å²) in [6.45, 7) is 7.11. The average Bonchev–Trinajstić information content (AvgIpc) is 2.52. The monoisotopic (exact) mass is 306 g/mol. The van der Waals surface area contributed by atoms with E-state index in [4.69, 9.17) is 0 Å². The highest BCUT2D eigenvalue weighted by molar-refractivity contribution is 5.84. The third kappa shape index (κ3) is 6.03. The van der Waals surface area contributed by atoms with Gasteiger partial charge in [0.1, 0.15) is 0 Å². The van der Waals surface area contributed by atoms with E-state index in [1.807, 2.05) is 24.3 Å². The summed E-state index contributed by atoms with van der Waals surface area (Å²) < 4.78 is 4.55. The molecular formula is C16H26N4O2. The van der Waals surface area contributed by atoms with Crippen LogP contribution in [0.5, 0.6) is 0 Å². The van der Waals surface area contributed by atoms with Crippen LogP contribution >= 0.6 is 0 Å². The van der Waals surface area contributed by atoms with Crippen molar-refractivity contribution in [2.24, 2.45) is 10.9 Å². The molecule has 0 radical (unpaired) electrons. The highest BCUT2D eigenvalue weighted by atomic mass is 16.5. The summed E-state index contributed by atoms with van der Waals surface area (Å²) in [4.78, 5) is 15.3. The quantitative estimate of drug-likeness (QED) is 0.577. The molecule has 0 bridgehead atoms. The van der Waals surface area contributed by atoms with Gasteiger partial charge in [0.2, 0.25) is 0 Å². The Morgan fingerprint density at radius 2 is 1.86 bits per heavy atom. The second kappa shape index (κ2) is 8.92. The van der Waals surface area contributed by atoms with E-state index in [0.29, 0.717) is 24.2 Å². The summed E-state index contributed by atoms with van der Waals surface area (Å²) in [7, 11) is 3.09. The highest BCUT2D eigenvalue weighted by Crippen LogP contribution is 2.09. The third-order valence-corrected chi connectivity index (χ3v) is 3.43. The largest absolute Gasteiger partial charge is 0.453 e. The van der Waals surface area contributed by atoms with Gasteiger partial charge in [0, 0.05) is 25.3 Å². The molecule has 122 valence electrons. The molecule has 1 unspecified atom stereocenters. The first-order valence-corrected chi connectivity index (χ1v) is 7.37. The van der Waals surface area contributed by atoms with Gasteiger partial charge in [-0.15, -0.1) is 0 Å². The van der Waals surface area contributed by atoms with Gasteiger partial charge in [-0.1, -0.05) is 26.0 Å². The van der Waals surface area contributed by atoms with Gasteiger partial charge < -0.3 is 15.4 Å². The summed E-state index contributed by atoms with van der Waals surface area (Å²) in [6.07, 6.45) is -0.474. The predicted octanol–water partition coefficient (Wildman–Crippen LogP) is 2.57. The molecule has 1 atom stereocenters. The number of rotatable bonds is 5. The number of methoxy groups -OCH3 is 1. The van der Waals surface area contributed by atoms with Crippen molar-refractivity contribution in [3.8, 4) is 0 Å². The second-order valence-electron chi connectivity index (χ2n) is 5.42. The molecule has 0 aliphatic rings. The van der Waals surface area contributed by atoms with Gasteiger partial charge in [-0.05, 0) is 30.5 Å². The van der Waals surface area contributed by atoms with E-state index in [1.165, 1.54) is 7.11 Å². The first-order chi connectivity index (χ1) is 10.5. The Hall–Kier alpha value is -2.24. The number of nitrogens with zero attached hydrogens (tertiary/aromatic N) is 1. The fourth-order valence-electron chi connectivity index (χ4n) is 1.64. The number of anilines is 1. The number of nitrogens with one attached hydrogen (secondary N) is 3. The van der Waals surface area contributed by atoms with Crippen LogP contribution in [0.3, 0.4) is 0 Å². The summed E-state index contributed by atoms with van der Waals surface area (Å²) in [5.74, 6) is 1.31. The normalized spacial score (nSPS) is 12.7. The zero-order chi connectivity index (χ0) is 16.5. The van der Waals surface area contributed by atoms with Crippen LogP contribution in [0.1, 0.15) is 26.3 Å². The topological polar surface area (TPSA) is 74.8 Å². The highest BCUT2D eigenvalue weighted by Gasteiger charge is 2.08. The van der Waals surface area contributed by atoms with Crippen molar-refractivity contribution in [3.05, 3.63) is 29.8 Å². The number of aliphatic imine (C=N–C) groups is 1. The number of hydrogen-bond acceptors (Lipinski definition) is 3.